The summed E-state index contributed by atoms with van der Waals surface area (Å²) in [5.41, 5.74) is 6.10. The predicted molar refractivity (Wildman–Crippen MR) is 70.1 cm³/mol. The van der Waals surface area contributed by atoms with Crippen LogP contribution in [0.1, 0.15) is 42.8 Å². The van der Waals surface area contributed by atoms with Gasteiger partial charge < -0.3 is 15.1 Å². The van der Waals surface area contributed by atoms with Crippen molar-refractivity contribution in [2.24, 2.45) is 17.6 Å². The highest BCUT2D eigenvalue weighted by Crippen LogP contribution is 2.24. The highest BCUT2D eigenvalue weighted by molar-refractivity contribution is 5.94. The summed E-state index contributed by atoms with van der Waals surface area (Å²) in [6, 6.07) is 1.75. The Morgan fingerprint density at radius 1 is 1.61 bits per heavy atom. The highest BCUT2D eigenvalue weighted by Gasteiger charge is 2.27. The lowest BCUT2D eigenvalue weighted by atomic mass is 9.97. The van der Waals surface area contributed by atoms with Crippen LogP contribution >= 0.6 is 0 Å². The average molecular weight is 250 g/mol. The van der Waals surface area contributed by atoms with Gasteiger partial charge in [-0.3, -0.25) is 4.79 Å². The molecule has 18 heavy (non-hydrogen) atoms. The summed E-state index contributed by atoms with van der Waals surface area (Å²) in [7, 11) is 0. The summed E-state index contributed by atoms with van der Waals surface area (Å²) in [6.07, 6.45) is 3.83. The van der Waals surface area contributed by atoms with Gasteiger partial charge in [0.25, 0.3) is 5.91 Å². The molecule has 0 spiro atoms. The zero-order chi connectivity index (χ0) is 13.1. The Kier molecular flexibility index (Phi) is 4.07. The van der Waals surface area contributed by atoms with E-state index in [0.29, 0.717) is 29.7 Å². The van der Waals surface area contributed by atoms with Gasteiger partial charge in [0, 0.05) is 13.1 Å². The number of likely N-dealkylation sites (tertiary alicyclic amines) is 1. The fourth-order valence-corrected chi connectivity index (χ4v) is 2.66. The maximum atomic E-state index is 12.2. The average Bonchev–Trinajstić information content (AvgIpc) is 2.95. The molecule has 0 bridgehead atoms. The fourth-order valence-electron chi connectivity index (χ4n) is 2.66. The zero-order valence-electron chi connectivity index (χ0n) is 11.2. The van der Waals surface area contributed by atoms with Crippen LogP contribution in [-0.2, 0) is 6.54 Å². The quantitative estimate of drug-likeness (QED) is 0.891. The summed E-state index contributed by atoms with van der Waals surface area (Å²) in [5, 5.41) is 0. The van der Waals surface area contributed by atoms with Crippen LogP contribution in [0.5, 0.6) is 0 Å². The third kappa shape index (κ3) is 2.93. The first-order chi connectivity index (χ1) is 8.60. The molecule has 0 aromatic carbocycles. The molecule has 0 saturated carbocycles. The van der Waals surface area contributed by atoms with Gasteiger partial charge in [0.05, 0.1) is 12.1 Å². The minimum atomic E-state index is 0.0738. The summed E-state index contributed by atoms with van der Waals surface area (Å²) in [4.78, 5) is 14.2. The smallest absolute Gasteiger partial charge is 0.257 e. The monoisotopic (exact) mass is 250 g/mol. The second-order valence-corrected chi connectivity index (χ2v) is 5.54. The van der Waals surface area contributed by atoms with E-state index in [2.05, 4.69) is 13.8 Å². The molecule has 1 aliphatic rings. The van der Waals surface area contributed by atoms with Gasteiger partial charge in [0.2, 0.25) is 0 Å². The second kappa shape index (κ2) is 5.57. The Morgan fingerprint density at radius 2 is 2.39 bits per heavy atom. The lowest BCUT2D eigenvalue weighted by Gasteiger charge is -2.16. The molecule has 2 heterocycles. The van der Waals surface area contributed by atoms with E-state index in [1.807, 2.05) is 4.90 Å². The van der Waals surface area contributed by atoms with Crippen molar-refractivity contribution in [3.8, 4) is 0 Å². The van der Waals surface area contributed by atoms with Crippen LogP contribution in [0, 0.1) is 11.8 Å². The van der Waals surface area contributed by atoms with Crippen molar-refractivity contribution in [1.29, 1.82) is 0 Å². The molecule has 1 aromatic heterocycles. The van der Waals surface area contributed by atoms with Crippen molar-refractivity contribution in [1.82, 2.24) is 4.90 Å². The van der Waals surface area contributed by atoms with Crippen LogP contribution in [0.4, 0.5) is 0 Å². The first-order valence-corrected chi connectivity index (χ1v) is 6.67. The second-order valence-electron chi connectivity index (χ2n) is 5.54. The van der Waals surface area contributed by atoms with Crippen molar-refractivity contribution < 1.29 is 9.21 Å². The van der Waals surface area contributed by atoms with Crippen LogP contribution in [0.15, 0.2) is 16.7 Å². The Morgan fingerprint density at radius 3 is 3.00 bits per heavy atom. The third-order valence-corrected chi connectivity index (χ3v) is 3.48. The molecule has 1 saturated heterocycles. The molecule has 4 nitrogen and oxygen atoms in total. The molecular formula is C14H22N2O2. The molecule has 0 radical (unpaired) electrons. The minimum Gasteiger partial charge on any atom is -0.467 e. The Bertz CT molecular complexity index is 412. The number of nitrogens with two attached hydrogens (primary N) is 1. The summed E-state index contributed by atoms with van der Waals surface area (Å²) in [5.74, 6) is 2.08. The molecule has 100 valence electrons. The van der Waals surface area contributed by atoms with Crippen molar-refractivity contribution in [3.63, 3.8) is 0 Å². The number of carbonyl (C=O) groups excluding carboxylic acids is 1. The molecular weight excluding hydrogens is 228 g/mol. The molecule has 4 heteroatoms. The lowest BCUT2D eigenvalue weighted by molar-refractivity contribution is 0.0785. The number of carbonyl (C=O) groups is 1. The number of hydrogen-bond donors (Lipinski definition) is 1. The normalized spacial score (nSPS) is 19.8. The van der Waals surface area contributed by atoms with Gasteiger partial charge >= 0.3 is 0 Å². The van der Waals surface area contributed by atoms with E-state index < -0.39 is 0 Å². The van der Waals surface area contributed by atoms with Crippen LogP contribution in [-0.4, -0.2) is 23.9 Å². The van der Waals surface area contributed by atoms with Crippen molar-refractivity contribution >= 4 is 5.91 Å². The molecule has 1 aliphatic heterocycles. The van der Waals surface area contributed by atoms with E-state index in [1.165, 1.54) is 12.7 Å². The van der Waals surface area contributed by atoms with Gasteiger partial charge in [-0.25, -0.2) is 0 Å². The molecule has 1 aromatic rings. The van der Waals surface area contributed by atoms with Gasteiger partial charge in [0.15, 0.2) is 0 Å². The van der Waals surface area contributed by atoms with Gasteiger partial charge in [-0.05, 0) is 30.7 Å². The van der Waals surface area contributed by atoms with Gasteiger partial charge in [-0.2, -0.15) is 0 Å². The number of hydrogen-bond acceptors (Lipinski definition) is 3. The van der Waals surface area contributed by atoms with Gasteiger partial charge in [-0.1, -0.05) is 13.8 Å². The Balaban J connectivity index is 1.94. The third-order valence-electron chi connectivity index (χ3n) is 3.48. The van der Waals surface area contributed by atoms with E-state index >= 15 is 0 Å². The summed E-state index contributed by atoms with van der Waals surface area (Å²) in [6.45, 7) is 6.53. The van der Waals surface area contributed by atoms with Crippen molar-refractivity contribution in [2.75, 3.05) is 13.1 Å². The van der Waals surface area contributed by atoms with Crippen LogP contribution < -0.4 is 5.73 Å². The minimum absolute atomic E-state index is 0.0738. The first-order valence-electron chi connectivity index (χ1n) is 6.67. The van der Waals surface area contributed by atoms with Crippen molar-refractivity contribution in [3.05, 3.63) is 23.7 Å². The van der Waals surface area contributed by atoms with Crippen LogP contribution in [0.2, 0.25) is 0 Å². The largest absolute Gasteiger partial charge is 0.467 e. The van der Waals surface area contributed by atoms with Crippen LogP contribution in [0.3, 0.4) is 0 Å². The lowest BCUT2D eigenvalue weighted by Crippen LogP contribution is -2.28. The van der Waals surface area contributed by atoms with Gasteiger partial charge in [0.1, 0.15) is 12.0 Å². The molecule has 0 aliphatic carbocycles. The summed E-state index contributed by atoms with van der Waals surface area (Å²) < 4.78 is 5.21. The topological polar surface area (TPSA) is 59.5 Å². The molecule has 1 unspecified atom stereocenters. The Labute approximate surface area is 108 Å². The van der Waals surface area contributed by atoms with E-state index in [4.69, 9.17) is 10.2 Å². The number of amides is 1. The standard InChI is InChI=1S/C14H22N2O2/c1-10(2)5-11-3-4-16(8-11)14(17)12-6-13(7-15)18-9-12/h6,9-11H,3-5,7-8,15H2,1-2H3. The molecule has 2 rings (SSSR count). The number of nitrogens with zero attached hydrogens (tertiary/aromatic N) is 1. The van der Waals surface area contributed by atoms with Crippen LogP contribution in [0.25, 0.3) is 0 Å². The molecule has 1 atom stereocenters. The number of rotatable bonds is 4. The first kappa shape index (κ1) is 13.1. The van der Waals surface area contributed by atoms with E-state index in [1.54, 1.807) is 6.07 Å². The zero-order valence-corrected chi connectivity index (χ0v) is 11.2. The van der Waals surface area contributed by atoms with Crippen molar-refractivity contribution in [2.45, 2.75) is 33.2 Å². The maximum absolute atomic E-state index is 12.2. The number of furan rings is 1. The predicted octanol–water partition coefficient (Wildman–Crippen LogP) is 2.25. The van der Waals surface area contributed by atoms with Gasteiger partial charge in [-0.15, -0.1) is 0 Å². The SMILES string of the molecule is CC(C)CC1CCN(C(=O)c2coc(CN)c2)C1. The maximum Gasteiger partial charge on any atom is 0.257 e. The molecule has 1 fully saturated rings. The van der Waals surface area contributed by atoms with E-state index in [9.17, 15) is 4.79 Å². The van der Waals surface area contributed by atoms with E-state index in [-0.39, 0.29) is 5.91 Å². The highest BCUT2D eigenvalue weighted by atomic mass is 16.3. The fraction of sp³-hybridized carbons (Fsp3) is 0.643. The van der Waals surface area contributed by atoms with E-state index in [0.717, 1.165) is 19.5 Å². The molecule has 1 amide bonds. The Hall–Kier alpha value is -1.29. The summed E-state index contributed by atoms with van der Waals surface area (Å²) >= 11 is 0. The molecule has 2 N–H and O–H groups in total.